The average Bonchev–Trinajstić information content (AvgIpc) is 3.21. The Morgan fingerprint density at radius 2 is 1.90 bits per heavy atom. The lowest BCUT2D eigenvalue weighted by Gasteiger charge is -2.45. The standard InChI is InChI=1S/C20H25N9/c1-13-10-15-18(21-8-9-28(15)24-13)26(5)14-11-27(12-14)17-7-6-16-22-23-19(20(2,3)4)29(16)25-17/h6-10,14H,11-12H2,1-5H3. The van der Waals surface area contributed by atoms with E-state index >= 15 is 0 Å². The molecule has 9 heteroatoms. The van der Waals surface area contributed by atoms with Gasteiger partial charge in [-0.05, 0) is 25.1 Å². The van der Waals surface area contributed by atoms with Gasteiger partial charge in [-0.1, -0.05) is 20.8 Å². The Bertz CT molecular complexity index is 1190. The maximum atomic E-state index is 4.81. The zero-order valence-corrected chi connectivity index (χ0v) is 17.4. The number of hydrogen-bond acceptors (Lipinski definition) is 7. The minimum Gasteiger partial charge on any atom is -0.351 e. The summed E-state index contributed by atoms with van der Waals surface area (Å²) in [7, 11) is 2.10. The fourth-order valence-electron chi connectivity index (χ4n) is 3.78. The van der Waals surface area contributed by atoms with Gasteiger partial charge >= 0.3 is 0 Å². The number of aromatic nitrogens is 7. The highest BCUT2D eigenvalue weighted by atomic mass is 15.4. The molecule has 0 saturated carbocycles. The largest absolute Gasteiger partial charge is 0.351 e. The van der Waals surface area contributed by atoms with Crippen molar-refractivity contribution in [2.75, 3.05) is 29.9 Å². The van der Waals surface area contributed by atoms with E-state index in [-0.39, 0.29) is 5.41 Å². The maximum absolute atomic E-state index is 4.81. The summed E-state index contributed by atoms with van der Waals surface area (Å²) in [6, 6.07) is 6.44. The van der Waals surface area contributed by atoms with Crippen LogP contribution in [0.2, 0.25) is 0 Å². The van der Waals surface area contributed by atoms with Crippen LogP contribution in [0.25, 0.3) is 11.2 Å². The van der Waals surface area contributed by atoms with Crippen molar-refractivity contribution in [2.24, 2.45) is 0 Å². The molecule has 4 aromatic rings. The molecular weight excluding hydrogens is 366 g/mol. The van der Waals surface area contributed by atoms with Crippen LogP contribution in [0.5, 0.6) is 0 Å². The number of hydrogen-bond donors (Lipinski definition) is 0. The molecule has 0 amide bonds. The van der Waals surface area contributed by atoms with E-state index < -0.39 is 0 Å². The summed E-state index contributed by atoms with van der Waals surface area (Å²) in [5, 5.41) is 17.9. The van der Waals surface area contributed by atoms with Gasteiger partial charge in [-0.15, -0.1) is 15.3 Å². The monoisotopic (exact) mass is 391 g/mol. The summed E-state index contributed by atoms with van der Waals surface area (Å²) in [5.74, 6) is 2.77. The molecule has 1 aliphatic heterocycles. The van der Waals surface area contributed by atoms with Crippen LogP contribution in [0.4, 0.5) is 11.6 Å². The van der Waals surface area contributed by atoms with Crippen LogP contribution in [-0.4, -0.2) is 60.6 Å². The molecule has 0 radical (unpaired) electrons. The van der Waals surface area contributed by atoms with Crippen molar-refractivity contribution in [3.63, 3.8) is 0 Å². The summed E-state index contributed by atoms with van der Waals surface area (Å²) in [6.45, 7) is 10.1. The Morgan fingerprint density at radius 3 is 2.66 bits per heavy atom. The van der Waals surface area contributed by atoms with Crippen molar-refractivity contribution < 1.29 is 0 Å². The summed E-state index contributed by atoms with van der Waals surface area (Å²) >= 11 is 0. The Hall–Kier alpha value is -3.23. The summed E-state index contributed by atoms with van der Waals surface area (Å²) in [6.07, 6.45) is 3.69. The predicted molar refractivity (Wildman–Crippen MR) is 112 cm³/mol. The third-order valence-corrected chi connectivity index (χ3v) is 5.48. The van der Waals surface area contributed by atoms with Crippen LogP contribution in [0, 0.1) is 6.92 Å². The molecule has 0 bridgehead atoms. The van der Waals surface area contributed by atoms with Gasteiger partial charge in [0.05, 0.1) is 11.7 Å². The van der Waals surface area contributed by atoms with Gasteiger partial charge < -0.3 is 9.80 Å². The molecule has 5 rings (SSSR count). The Labute approximate surface area is 169 Å². The van der Waals surface area contributed by atoms with E-state index in [9.17, 15) is 0 Å². The summed E-state index contributed by atoms with van der Waals surface area (Å²) in [4.78, 5) is 9.12. The Kier molecular flexibility index (Phi) is 3.77. The third kappa shape index (κ3) is 2.88. The minimum absolute atomic E-state index is 0.115. The molecule has 0 spiro atoms. The second kappa shape index (κ2) is 6.13. The van der Waals surface area contributed by atoms with Gasteiger partial charge in [0.1, 0.15) is 11.3 Å². The van der Waals surface area contributed by atoms with Gasteiger partial charge in [0.25, 0.3) is 0 Å². The lowest BCUT2D eigenvalue weighted by molar-refractivity contribution is 0.483. The molecular formula is C20H25N9. The van der Waals surface area contributed by atoms with E-state index in [1.165, 1.54) is 0 Å². The first kappa shape index (κ1) is 17.8. The first-order valence-corrected chi connectivity index (χ1v) is 9.83. The van der Waals surface area contributed by atoms with Crippen LogP contribution in [0.15, 0.2) is 30.6 Å². The molecule has 5 heterocycles. The second-order valence-corrected chi connectivity index (χ2v) is 8.77. The molecule has 4 aromatic heterocycles. The number of nitrogens with zero attached hydrogens (tertiary/aromatic N) is 9. The van der Waals surface area contributed by atoms with Gasteiger partial charge in [-0.25, -0.2) is 9.50 Å². The average molecular weight is 391 g/mol. The first-order chi connectivity index (χ1) is 13.8. The molecule has 0 aliphatic carbocycles. The van der Waals surface area contributed by atoms with E-state index in [4.69, 9.17) is 5.10 Å². The van der Waals surface area contributed by atoms with E-state index in [0.717, 1.165) is 47.4 Å². The fourth-order valence-corrected chi connectivity index (χ4v) is 3.78. The Morgan fingerprint density at radius 1 is 1.10 bits per heavy atom. The third-order valence-electron chi connectivity index (χ3n) is 5.48. The van der Waals surface area contributed by atoms with Gasteiger partial charge in [0.2, 0.25) is 0 Å². The number of anilines is 2. The van der Waals surface area contributed by atoms with Crippen LogP contribution < -0.4 is 9.80 Å². The van der Waals surface area contributed by atoms with Crippen LogP contribution in [-0.2, 0) is 5.41 Å². The summed E-state index contributed by atoms with van der Waals surface area (Å²) < 4.78 is 3.75. The van der Waals surface area contributed by atoms with Gasteiger partial charge in [-0.3, -0.25) is 0 Å². The van der Waals surface area contributed by atoms with Crippen LogP contribution in [0.3, 0.4) is 0 Å². The molecule has 0 atom stereocenters. The van der Waals surface area contributed by atoms with E-state index in [1.807, 2.05) is 34.3 Å². The predicted octanol–water partition coefficient (Wildman–Crippen LogP) is 2.10. The highest BCUT2D eigenvalue weighted by Crippen LogP contribution is 2.28. The van der Waals surface area contributed by atoms with Crippen molar-refractivity contribution >= 4 is 22.8 Å². The molecule has 9 nitrogen and oxygen atoms in total. The second-order valence-electron chi connectivity index (χ2n) is 8.77. The van der Waals surface area contributed by atoms with Crippen LogP contribution >= 0.6 is 0 Å². The molecule has 29 heavy (non-hydrogen) atoms. The molecule has 0 unspecified atom stereocenters. The lowest BCUT2D eigenvalue weighted by Crippen LogP contribution is -2.59. The molecule has 0 aromatic carbocycles. The van der Waals surface area contributed by atoms with E-state index in [2.05, 4.69) is 64.0 Å². The van der Waals surface area contributed by atoms with Crippen molar-refractivity contribution in [1.82, 2.24) is 34.4 Å². The van der Waals surface area contributed by atoms with Gasteiger partial charge in [0.15, 0.2) is 17.3 Å². The first-order valence-electron chi connectivity index (χ1n) is 9.83. The van der Waals surface area contributed by atoms with Crippen molar-refractivity contribution in [3.05, 3.63) is 42.1 Å². The SMILES string of the molecule is Cc1cc2c(N(C)C3CN(c4ccc5nnc(C(C)(C)C)n5n4)C3)nccn2n1. The van der Waals surface area contributed by atoms with Crippen LogP contribution in [0.1, 0.15) is 32.3 Å². The molecule has 1 saturated heterocycles. The number of aryl methyl sites for hydroxylation is 1. The highest BCUT2D eigenvalue weighted by molar-refractivity contribution is 5.69. The van der Waals surface area contributed by atoms with E-state index in [1.54, 1.807) is 6.20 Å². The number of fused-ring (bicyclic) bond motifs is 2. The van der Waals surface area contributed by atoms with E-state index in [0.29, 0.717) is 6.04 Å². The smallest absolute Gasteiger partial charge is 0.178 e. The molecule has 150 valence electrons. The van der Waals surface area contributed by atoms with Gasteiger partial charge in [0, 0.05) is 37.9 Å². The fraction of sp³-hybridized carbons (Fsp3) is 0.450. The Balaban J connectivity index is 1.37. The number of rotatable bonds is 3. The summed E-state index contributed by atoms with van der Waals surface area (Å²) in [5.41, 5.74) is 2.69. The van der Waals surface area contributed by atoms with Gasteiger partial charge in [-0.2, -0.15) is 9.61 Å². The molecule has 0 N–H and O–H groups in total. The van der Waals surface area contributed by atoms with Crippen molar-refractivity contribution in [2.45, 2.75) is 39.2 Å². The minimum atomic E-state index is -0.115. The van der Waals surface area contributed by atoms with Crippen molar-refractivity contribution in [1.29, 1.82) is 0 Å². The molecule has 1 aliphatic rings. The zero-order chi connectivity index (χ0) is 20.3. The highest BCUT2D eigenvalue weighted by Gasteiger charge is 2.33. The quantitative estimate of drug-likeness (QED) is 0.529. The van der Waals surface area contributed by atoms with Crippen molar-refractivity contribution in [3.8, 4) is 0 Å². The lowest BCUT2D eigenvalue weighted by atomic mass is 9.96. The maximum Gasteiger partial charge on any atom is 0.178 e. The molecule has 1 fully saturated rings. The normalized spacial score (nSPS) is 15.3. The topological polar surface area (TPSA) is 79.8 Å². The zero-order valence-electron chi connectivity index (χ0n) is 17.4. The number of likely N-dealkylation sites (N-methyl/N-ethyl adjacent to an activating group) is 1.